The van der Waals surface area contributed by atoms with Gasteiger partial charge in [0.1, 0.15) is 0 Å². The Kier molecular flexibility index (Phi) is 18.2. The molecule has 0 aromatic rings. The summed E-state index contributed by atoms with van der Waals surface area (Å²) >= 11 is -2.24. The zero-order valence-corrected chi connectivity index (χ0v) is 9.33. The second kappa shape index (κ2) is 10.9. The van der Waals surface area contributed by atoms with Crippen LogP contribution in [0.5, 0.6) is 0 Å². The van der Waals surface area contributed by atoms with Gasteiger partial charge in [-0.1, -0.05) is 6.08 Å². The van der Waals surface area contributed by atoms with Crippen LogP contribution in [-0.4, -0.2) is 0 Å². The van der Waals surface area contributed by atoms with E-state index in [-0.39, 0.29) is 0 Å². The molecule has 0 aliphatic carbocycles. The van der Waals surface area contributed by atoms with Gasteiger partial charge in [-0.3, -0.25) is 0 Å². The predicted octanol–water partition coefficient (Wildman–Crippen LogP) is 3.26. The molecular weight excluding hydrogens is 283 g/mol. The predicted molar refractivity (Wildman–Crippen MR) is 33.4 cm³/mol. The molecule has 0 N–H and O–H groups in total. The first-order valence-electron chi connectivity index (χ1n) is 1.55. The van der Waals surface area contributed by atoms with Gasteiger partial charge in [-0.05, 0) is 6.92 Å². The Balaban J connectivity index is 0. The monoisotopic (exact) mass is 287 g/mol. The van der Waals surface area contributed by atoms with E-state index >= 15 is 0 Å². The van der Waals surface area contributed by atoms with Gasteiger partial charge in [0.25, 0.3) is 0 Å². The van der Waals surface area contributed by atoms with Gasteiger partial charge in [-0.15, -0.1) is 6.58 Å². The van der Waals surface area contributed by atoms with Crippen LogP contribution in [0.25, 0.3) is 0 Å². The molecule has 0 radical (unpaired) electrons. The van der Waals surface area contributed by atoms with Gasteiger partial charge >= 0.3 is 47.6 Å². The van der Waals surface area contributed by atoms with Gasteiger partial charge in [0.05, 0.1) is 0 Å². The molecule has 43 valence electrons. The minimum atomic E-state index is -2.24. The first-order valence-corrected chi connectivity index (χ1v) is 13.4. The zero-order valence-electron chi connectivity index (χ0n) is 3.92. The van der Waals surface area contributed by atoms with E-state index in [0.717, 1.165) is 0 Å². The van der Waals surface area contributed by atoms with E-state index in [1.807, 2.05) is 6.92 Å². The molecule has 0 nitrogen and oxygen atoms in total. The Morgan fingerprint density at radius 1 is 1.43 bits per heavy atom. The van der Waals surface area contributed by atoms with Crippen LogP contribution in [0, 0.1) is 30.7 Å². The molecule has 0 amide bonds. The molecular formula is C3H6CeCl3. The Morgan fingerprint density at radius 3 is 1.43 bits per heavy atom. The molecule has 0 unspecified atom stereocenters. The molecule has 7 heavy (non-hydrogen) atoms. The van der Waals surface area contributed by atoms with Gasteiger partial charge in [-0.25, -0.2) is 0 Å². The fourth-order valence-corrected chi connectivity index (χ4v) is 0. The number of halogens is 3. The second-order valence-electron chi connectivity index (χ2n) is 0.623. The van der Waals surface area contributed by atoms with E-state index in [4.69, 9.17) is 16.9 Å². The first kappa shape index (κ1) is 11.7. The topological polar surface area (TPSA) is 0 Å². The summed E-state index contributed by atoms with van der Waals surface area (Å²) in [5.74, 6) is 0. The maximum atomic E-state index is 5.02. The third kappa shape index (κ3) is 72.5. The standard InChI is InChI=1S/C3H6.Ce.3ClH/c1-3-2;;;;/h3H,1H2,2H3;;3*1H/q;+3;;;/p-3. The van der Waals surface area contributed by atoms with E-state index in [2.05, 4.69) is 6.58 Å². The third-order valence-corrected chi connectivity index (χ3v) is 0. The molecule has 0 aliphatic rings. The summed E-state index contributed by atoms with van der Waals surface area (Å²) in [6, 6.07) is 0. The van der Waals surface area contributed by atoms with Crippen LogP contribution < -0.4 is 0 Å². The SMILES string of the molecule is C=CC.[Cl][Ce]([Cl])[Cl]. The van der Waals surface area contributed by atoms with Gasteiger partial charge in [0.2, 0.25) is 0 Å². The first-order chi connectivity index (χ1) is 3.15. The minimum absolute atomic E-state index is 1.75. The van der Waals surface area contributed by atoms with Crippen LogP contribution in [-0.2, 0) is 0 Å². The number of rotatable bonds is 0. The fourth-order valence-electron chi connectivity index (χ4n) is 0. The van der Waals surface area contributed by atoms with Crippen molar-refractivity contribution in [3.8, 4) is 0 Å². The van der Waals surface area contributed by atoms with Crippen LogP contribution in [0.4, 0.5) is 0 Å². The molecule has 0 heterocycles. The molecule has 0 aromatic heterocycles. The fraction of sp³-hybridized carbons (Fsp3) is 0.333. The van der Waals surface area contributed by atoms with Crippen molar-refractivity contribution in [2.75, 3.05) is 0 Å². The van der Waals surface area contributed by atoms with Crippen molar-refractivity contribution in [2.45, 2.75) is 6.92 Å². The Hall–Kier alpha value is 1.99. The van der Waals surface area contributed by atoms with Gasteiger partial charge in [-0.2, -0.15) is 0 Å². The van der Waals surface area contributed by atoms with Crippen LogP contribution in [0.15, 0.2) is 12.7 Å². The molecule has 0 saturated carbocycles. The van der Waals surface area contributed by atoms with Crippen molar-refractivity contribution < 1.29 is 30.7 Å². The molecule has 4 heteroatoms. The normalized spacial score (nSPS) is 5.71. The van der Waals surface area contributed by atoms with E-state index in [1.165, 1.54) is 0 Å². The van der Waals surface area contributed by atoms with Crippen LogP contribution in [0.2, 0.25) is 0 Å². The summed E-state index contributed by atoms with van der Waals surface area (Å²) in [6.45, 7) is 5.25. The van der Waals surface area contributed by atoms with E-state index in [1.54, 1.807) is 6.08 Å². The summed E-state index contributed by atoms with van der Waals surface area (Å²) in [6.07, 6.45) is 1.75. The molecule has 0 spiro atoms. The van der Waals surface area contributed by atoms with Crippen LogP contribution in [0.1, 0.15) is 6.92 Å². The Bertz CT molecular complexity index is 34.4. The summed E-state index contributed by atoms with van der Waals surface area (Å²) in [5.41, 5.74) is 15.1. The summed E-state index contributed by atoms with van der Waals surface area (Å²) < 4.78 is 0. The molecule has 0 bridgehead atoms. The van der Waals surface area contributed by atoms with E-state index in [9.17, 15) is 0 Å². The van der Waals surface area contributed by atoms with Crippen molar-refractivity contribution in [3.63, 3.8) is 0 Å². The van der Waals surface area contributed by atoms with Crippen molar-refractivity contribution in [1.82, 2.24) is 0 Å². The van der Waals surface area contributed by atoms with Crippen molar-refractivity contribution in [1.29, 1.82) is 0 Å². The molecule has 0 fully saturated rings. The molecule has 0 aliphatic heterocycles. The zero-order chi connectivity index (χ0) is 6.28. The number of hydrogen-bond donors (Lipinski definition) is 0. The summed E-state index contributed by atoms with van der Waals surface area (Å²) in [7, 11) is 0. The summed E-state index contributed by atoms with van der Waals surface area (Å²) in [4.78, 5) is 0. The van der Waals surface area contributed by atoms with Crippen molar-refractivity contribution in [2.24, 2.45) is 0 Å². The van der Waals surface area contributed by atoms with E-state index < -0.39 is 30.7 Å². The Labute approximate surface area is 65.7 Å². The van der Waals surface area contributed by atoms with Gasteiger partial charge < -0.3 is 0 Å². The Morgan fingerprint density at radius 2 is 1.43 bits per heavy atom. The summed E-state index contributed by atoms with van der Waals surface area (Å²) in [5, 5.41) is 0. The third-order valence-electron chi connectivity index (χ3n) is 0. The molecule has 0 atom stereocenters. The van der Waals surface area contributed by atoms with Crippen LogP contribution in [0.3, 0.4) is 0 Å². The van der Waals surface area contributed by atoms with Gasteiger partial charge in [0.15, 0.2) is 0 Å². The number of hydrogen-bond acceptors (Lipinski definition) is 0. The molecule has 0 rings (SSSR count). The second-order valence-corrected chi connectivity index (χ2v) is 14.4. The average molecular weight is 289 g/mol. The average Bonchev–Trinajstić information content (AvgIpc) is 1.33. The quantitative estimate of drug-likeness (QED) is 0.600. The van der Waals surface area contributed by atoms with E-state index in [0.29, 0.717) is 0 Å². The van der Waals surface area contributed by atoms with Crippen molar-refractivity contribution >= 4 is 16.9 Å². The number of allylic oxidation sites excluding steroid dienone is 1. The van der Waals surface area contributed by atoms with Gasteiger partial charge in [0, 0.05) is 0 Å². The molecule has 0 saturated heterocycles. The van der Waals surface area contributed by atoms with Crippen LogP contribution >= 0.6 is 16.9 Å². The molecule has 0 aromatic carbocycles. The maximum absolute atomic E-state index is 5.02. The van der Waals surface area contributed by atoms with Crippen molar-refractivity contribution in [3.05, 3.63) is 12.7 Å².